The second kappa shape index (κ2) is 4.66. The van der Waals surface area contributed by atoms with Gasteiger partial charge in [0.25, 0.3) is 0 Å². The topological polar surface area (TPSA) is 59.4 Å². The molecule has 0 radical (unpaired) electrons. The van der Waals surface area contributed by atoms with Gasteiger partial charge in [0.15, 0.2) is 0 Å². The summed E-state index contributed by atoms with van der Waals surface area (Å²) in [6, 6.07) is 7.41. The molecule has 1 aromatic carbocycles. The number of hydrogen-bond acceptors (Lipinski definition) is 4. The molecule has 98 valence electrons. The average molecular weight is 275 g/mol. The molecule has 2 aromatic rings. The molecule has 1 N–H and O–H groups in total. The highest BCUT2D eigenvalue weighted by Crippen LogP contribution is 2.41. The number of nitrogens with zero attached hydrogens (tertiary/aromatic N) is 1. The molecule has 0 saturated heterocycles. The zero-order valence-electron chi connectivity index (χ0n) is 10.2. The van der Waals surface area contributed by atoms with Crippen LogP contribution in [-0.4, -0.2) is 22.7 Å². The fraction of sp³-hybridized carbons (Fsp3) is 0.286. The van der Waals surface area contributed by atoms with E-state index in [4.69, 9.17) is 4.74 Å². The summed E-state index contributed by atoms with van der Waals surface area (Å²) in [7, 11) is 0. The molecule has 0 bridgehead atoms. The molecule has 2 heterocycles. The maximum atomic E-state index is 11.9. The van der Waals surface area contributed by atoms with E-state index in [1.54, 1.807) is 11.7 Å². The van der Waals surface area contributed by atoms with Crippen molar-refractivity contribution in [3.05, 3.63) is 46.4 Å². The maximum Gasteiger partial charge on any atom is 0.314 e. The van der Waals surface area contributed by atoms with Crippen molar-refractivity contribution in [3.8, 4) is 5.75 Å². The number of benzene rings is 1. The number of rotatable bonds is 3. The number of para-hydroxylation sites is 1. The highest BCUT2D eigenvalue weighted by atomic mass is 32.1. The summed E-state index contributed by atoms with van der Waals surface area (Å²) in [5.41, 5.74) is 1.60. The van der Waals surface area contributed by atoms with Crippen molar-refractivity contribution < 1.29 is 14.6 Å². The molecule has 1 unspecified atom stereocenters. The van der Waals surface area contributed by atoms with Crippen molar-refractivity contribution in [3.63, 3.8) is 0 Å². The van der Waals surface area contributed by atoms with Crippen molar-refractivity contribution in [1.82, 2.24) is 4.98 Å². The lowest BCUT2D eigenvalue weighted by molar-refractivity contribution is -0.145. The van der Waals surface area contributed by atoms with Gasteiger partial charge in [-0.25, -0.2) is 0 Å². The molecule has 4 nitrogen and oxygen atoms in total. The summed E-state index contributed by atoms with van der Waals surface area (Å²) in [5, 5.41) is 9.76. The average Bonchev–Trinajstić information content (AvgIpc) is 2.91. The first-order valence-electron chi connectivity index (χ1n) is 6.05. The van der Waals surface area contributed by atoms with Crippen LogP contribution in [0.4, 0.5) is 0 Å². The summed E-state index contributed by atoms with van der Waals surface area (Å²) in [4.78, 5) is 16.9. The predicted molar refractivity (Wildman–Crippen MR) is 71.7 cm³/mol. The van der Waals surface area contributed by atoms with Gasteiger partial charge in [0, 0.05) is 29.5 Å². The number of hydrogen-bond donors (Lipinski definition) is 1. The van der Waals surface area contributed by atoms with Gasteiger partial charge in [-0.3, -0.25) is 9.78 Å². The van der Waals surface area contributed by atoms with E-state index < -0.39 is 11.4 Å². The minimum absolute atomic E-state index is 0.433. The number of aliphatic carboxylic acids is 1. The monoisotopic (exact) mass is 275 g/mol. The van der Waals surface area contributed by atoms with Crippen LogP contribution in [0.5, 0.6) is 5.75 Å². The number of fused-ring (bicyclic) bond motifs is 1. The van der Waals surface area contributed by atoms with Crippen LogP contribution in [0.15, 0.2) is 36.0 Å². The first kappa shape index (κ1) is 12.2. The Hall–Kier alpha value is -1.88. The molecule has 19 heavy (non-hydrogen) atoms. The minimum atomic E-state index is -0.901. The van der Waals surface area contributed by atoms with Crippen molar-refractivity contribution in [2.24, 2.45) is 0 Å². The lowest BCUT2D eigenvalue weighted by Gasteiger charge is -2.34. The number of aromatic nitrogens is 1. The first-order valence-corrected chi connectivity index (χ1v) is 6.93. The Balaban J connectivity index is 2.09. The van der Waals surface area contributed by atoms with Crippen molar-refractivity contribution in [2.45, 2.75) is 18.3 Å². The molecule has 3 rings (SSSR count). The summed E-state index contributed by atoms with van der Waals surface area (Å²) in [6.07, 6.45) is 2.69. The molecule has 5 heteroatoms. The molecule has 1 aliphatic heterocycles. The van der Waals surface area contributed by atoms with Crippen LogP contribution in [0.2, 0.25) is 0 Å². The minimum Gasteiger partial charge on any atom is -0.493 e. The molecule has 1 aliphatic rings. The number of carbonyl (C=O) groups is 1. The van der Waals surface area contributed by atoms with Gasteiger partial charge in [0.2, 0.25) is 0 Å². The molecule has 1 aromatic heterocycles. The highest BCUT2D eigenvalue weighted by Gasteiger charge is 2.45. The van der Waals surface area contributed by atoms with Crippen LogP contribution >= 0.6 is 11.3 Å². The van der Waals surface area contributed by atoms with Crippen LogP contribution in [0.25, 0.3) is 0 Å². The zero-order chi connectivity index (χ0) is 13.3. The molecule has 0 saturated carbocycles. The quantitative estimate of drug-likeness (QED) is 0.935. The van der Waals surface area contributed by atoms with E-state index in [-0.39, 0.29) is 0 Å². The Kier molecular flexibility index (Phi) is 2.98. The molecule has 1 atom stereocenters. The second-order valence-electron chi connectivity index (χ2n) is 4.63. The normalized spacial score (nSPS) is 21.5. The Morgan fingerprint density at radius 2 is 2.32 bits per heavy atom. The molecular formula is C14H13NO3S. The molecule has 0 spiro atoms. The van der Waals surface area contributed by atoms with Gasteiger partial charge >= 0.3 is 5.97 Å². The van der Waals surface area contributed by atoms with Gasteiger partial charge in [-0.1, -0.05) is 18.2 Å². The smallest absolute Gasteiger partial charge is 0.314 e. The van der Waals surface area contributed by atoms with Crippen LogP contribution in [0.1, 0.15) is 16.9 Å². The van der Waals surface area contributed by atoms with Gasteiger partial charge in [-0.15, -0.1) is 11.3 Å². The summed E-state index contributed by atoms with van der Waals surface area (Å²) < 4.78 is 5.57. The molecular weight excluding hydrogens is 262 g/mol. The largest absolute Gasteiger partial charge is 0.493 e. The molecule has 0 fully saturated rings. The van der Waals surface area contributed by atoms with E-state index >= 15 is 0 Å². The van der Waals surface area contributed by atoms with Crippen LogP contribution in [0.3, 0.4) is 0 Å². The number of ether oxygens (including phenoxy) is 1. The Morgan fingerprint density at radius 3 is 3.05 bits per heavy atom. The van der Waals surface area contributed by atoms with E-state index in [1.165, 1.54) is 11.3 Å². The van der Waals surface area contributed by atoms with E-state index in [0.29, 0.717) is 25.2 Å². The third kappa shape index (κ3) is 2.00. The van der Waals surface area contributed by atoms with Crippen molar-refractivity contribution >= 4 is 17.3 Å². The predicted octanol–water partition coefficient (Wildman–Crippen LogP) is 2.49. The fourth-order valence-electron chi connectivity index (χ4n) is 2.57. The number of carboxylic acid groups (broad SMARTS) is 1. The SMILES string of the molecule is O=C(O)C1(Cc2cncs2)CCOc2ccccc21. The third-order valence-corrected chi connectivity index (χ3v) is 4.34. The van der Waals surface area contributed by atoms with E-state index in [9.17, 15) is 9.90 Å². The summed E-state index contributed by atoms with van der Waals surface area (Å²) >= 11 is 1.49. The summed E-state index contributed by atoms with van der Waals surface area (Å²) in [6.45, 7) is 0.433. The molecule has 0 aliphatic carbocycles. The van der Waals surface area contributed by atoms with E-state index in [0.717, 1.165) is 10.4 Å². The standard InChI is InChI=1S/C14H13NO3S/c16-13(17)14(7-10-8-15-9-19-10)5-6-18-12-4-2-1-3-11(12)14/h1-4,8-9H,5-7H2,(H,16,17). The van der Waals surface area contributed by atoms with Crippen LogP contribution in [0, 0.1) is 0 Å². The lowest BCUT2D eigenvalue weighted by atomic mass is 9.73. The van der Waals surface area contributed by atoms with Crippen molar-refractivity contribution in [1.29, 1.82) is 0 Å². The van der Waals surface area contributed by atoms with Crippen LogP contribution in [-0.2, 0) is 16.6 Å². The van der Waals surface area contributed by atoms with Gasteiger partial charge in [-0.05, 0) is 6.07 Å². The lowest BCUT2D eigenvalue weighted by Crippen LogP contribution is -2.42. The number of carboxylic acids is 1. The van der Waals surface area contributed by atoms with E-state index in [1.807, 2.05) is 24.3 Å². The highest BCUT2D eigenvalue weighted by molar-refractivity contribution is 7.09. The van der Waals surface area contributed by atoms with Gasteiger partial charge in [-0.2, -0.15) is 0 Å². The maximum absolute atomic E-state index is 11.9. The number of thiazole rings is 1. The van der Waals surface area contributed by atoms with Gasteiger partial charge in [0.1, 0.15) is 11.2 Å². The first-order chi connectivity index (χ1) is 9.22. The second-order valence-corrected chi connectivity index (χ2v) is 5.60. The Labute approximate surface area is 114 Å². The Bertz CT molecular complexity index is 596. The van der Waals surface area contributed by atoms with Gasteiger partial charge in [0.05, 0.1) is 12.1 Å². The Morgan fingerprint density at radius 1 is 1.47 bits per heavy atom. The van der Waals surface area contributed by atoms with Crippen LogP contribution < -0.4 is 4.74 Å². The fourth-order valence-corrected chi connectivity index (χ4v) is 3.27. The summed E-state index contributed by atoms with van der Waals surface area (Å²) in [5.74, 6) is -0.114. The third-order valence-electron chi connectivity index (χ3n) is 3.56. The van der Waals surface area contributed by atoms with E-state index in [2.05, 4.69) is 4.98 Å². The molecule has 0 amide bonds. The van der Waals surface area contributed by atoms with Crippen molar-refractivity contribution in [2.75, 3.05) is 6.61 Å². The van der Waals surface area contributed by atoms with Gasteiger partial charge < -0.3 is 9.84 Å². The zero-order valence-corrected chi connectivity index (χ0v) is 11.0.